The highest BCUT2D eigenvalue weighted by molar-refractivity contribution is 7.89. The highest BCUT2D eigenvalue weighted by atomic mass is 35.5. The number of unbranched alkanes of at least 4 members (excludes halogenated alkanes) is 1. The molecule has 0 aromatic heterocycles. The molecule has 0 fully saturated rings. The second kappa shape index (κ2) is 7.69. The Morgan fingerprint density at radius 2 is 2.14 bits per heavy atom. The number of rotatable bonds is 8. The van der Waals surface area contributed by atoms with Crippen LogP contribution in [0.5, 0.6) is 0 Å². The molecule has 9 heteroatoms. The molecule has 0 amide bonds. The van der Waals surface area contributed by atoms with Crippen molar-refractivity contribution in [2.24, 2.45) is 5.73 Å². The van der Waals surface area contributed by atoms with Crippen LogP contribution < -0.4 is 10.5 Å². The molecule has 0 bridgehead atoms. The molecule has 1 aromatic rings. The van der Waals surface area contributed by atoms with Crippen molar-refractivity contribution in [3.8, 4) is 0 Å². The van der Waals surface area contributed by atoms with E-state index in [1.807, 2.05) is 6.92 Å². The minimum atomic E-state index is -3.87. The van der Waals surface area contributed by atoms with Crippen LogP contribution in [0.2, 0.25) is 5.02 Å². The molecule has 0 aliphatic heterocycles. The van der Waals surface area contributed by atoms with Gasteiger partial charge in [-0.3, -0.25) is 10.1 Å². The Bertz CT molecular complexity index is 607. The number of hydrogen-bond donors (Lipinski definition) is 2. The number of benzene rings is 1. The van der Waals surface area contributed by atoms with Crippen molar-refractivity contribution >= 4 is 27.3 Å². The van der Waals surface area contributed by atoms with Gasteiger partial charge in [0.2, 0.25) is 10.0 Å². The van der Waals surface area contributed by atoms with Crippen LogP contribution in [-0.4, -0.2) is 25.9 Å². The topological polar surface area (TPSA) is 115 Å². The molecule has 1 aromatic carbocycles. The lowest BCUT2D eigenvalue weighted by atomic mass is 10.1. The molecule has 118 valence electrons. The summed E-state index contributed by atoms with van der Waals surface area (Å²) in [7, 11) is -3.87. The van der Waals surface area contributed by atoms with Crippen molar-refractivity contribution in [3.63, 3.8) is 0 Å². The highest BCUT2D eigenvalue weighted by Crippen LogP contribution is 2.27. The van der Waals surface area contributed by atoms with Crippen LogP contribution in [0.1, 0.15) is 26.2 Å². The largest absolute Gasteiger partial charge is 0.329 e. The minimum Gasteiger partial charge on any atom is -0.329 e. The van der Waals surface area contributed by atoms with Gasteiger partial charge in [0.05, 0.1) is 9.82 Å². The van der Waals surface area contributed by atoms with Gasteiger partial charge < -0.3 is 5.73 Å². The van der Waals surface area contributed by atoms with Gasteiger partial charge in [0, 0.05) is 18.7 Å². The molecule has 1 atom stereocenters. The normalized spacial score (nSPS) is 13.1. The van der Waals surface area contributed by atoms with E-state index in [9.17, 15) is 18.5 Å². The molecule has 3 N–H and O–H groups in total. The van der Waals surface area contributed by atoms with Crippen molar-refractivity contribution < 1.29 is 13.3 Å². The molecule has 1 unspecified atom stereocenters. The monoisotopic (exact) mass is 335 g/mol. The molecular formula is C12H18ClN3O4S. The third-order valence-electron chi connectivity index (χ3n) is 2.94. The molecule has 0 spiro atoms. The summed E-state index contributed by atoms with van der Waals surface area (Å²) in [4.78, 5) is 9.88. The molecular weight excluding hydrogens is 318 g/mol. The molecule has 0 aliphatic rings. The summed E-state index contributed by atoms with van der Waals surface area (Å²) in [5.41, 5.74) is 5.10. The van der Waals surface area contributed by atoms with E-state index in [1.165, 1.54) is 12.1 Å². The van der Waals surface area contributed by atoms with E-state index in [1.54, 1.807) is 0 Å². The molecule has 7 nitrogen and oxygen atoms in total. The predicted molar refractivity (Wildman–Crippen MR) is 80.8 cm³/mol. The zero-order valence-electron chi connectivity index (χ0n) is 11.6. The quantitative estimate of drug-likeness (QED) is 0.557. The van der Waals surface area contributed by atoms with E-state index in [-0.39, 0.29) is 16.5 Å². The van der Waals surface area contributed by atoms with Gasteiger partial charge in [0.1, 0.15) is 5.02 Å². The summed E-state index contributed by atoms with van der Waals surface area (Å²) in [6.45, 7) is 2.15. The number of nitro groups is 1. The number of halogens is 1. The van der Waals surface area contributed by atoms with E-state index in [2.05, 4.69) is 4.72 Å². The maximum atomic E-state index is 12.2. The second-order valence-electron chi connectivity index (χ2n) is 4.57. The van der Waals surface area contributed by atoms with Gasteiger partial charge in [-0.15, -0.1) is 0 Å². The van der Waals surface area contributed by atoms with Gasteiger partial charge in [-0.2, -0.15) is 0 Å². The first-order valence-corrected chi connectivity index (χ1v) is 8.34. The smallest absolute Gasteiger partial charge is 0.289 e. The van der Waals surface area contributed by atoms with Crippen LogP contribution in [-0.2, 0) is 10.0 Å². The number of nitro benzene ring substituents is 1. The Morgan fingerprint density at radius 3 is 2.67 bits per heavy atom. The third kappa shape index (κ3) is 4.92. The molecule has 0 aliphatic carbocycles. The average Bonchev–Trinajstić information content (AvgIpc) is 2.43. The fourth-order valence-corrected chi connectivity index (χ4v) is 3.25. The molecule has 0 heterocycles. The Hall–Kier alpha value is -1.22. The standard InChI is InChI=1S/C12H18ClN3O4S/c1-2-3-4-9(8-14)15-21(19,20)10-5-6-11(13)12(7-10)16(17)18/h5-7,9,15H,2-4,8,14H2,1H3. The van der Waals surface area contributed by atoms with Crippen molar-refractivity contribution in [1.82, 2.24) is 4.72 Å². The Labute approximate surface area is 128 Å². The summed E-state index contributed by atoms with van der Waals surface area (Å²) in [6.07, 6.45) is 2.37. The number of nitrogens with zero attached hydrogens (tertiary/aromatic N) is 1. The number of nitrogens with two attached hydrogens (primary N) is 1. The third-order valence-corrected chi connectivity index (χ3v) is 4.77. The molecule has 0 radical (unpaired) electrons. The van der Waals surface area contributed by atoms with Gasteiger partial charge in [-0.25, -0.2) is 13.1 Å². The van der Waals surface area contributed by atoms with Crippen LogP contribution in [0.4, 0.5) is 5.69 Å². The molecule has 1 rings (SSSR count). The highest BCUT2D eigenvalue weighted by Gasteiger charge is 2.23. The summed E-state index contributed by atoms with van der Waals surface area (Å²) < 4.78 is 26.9. The Balaban J connectivity index is 3.02. The van der Waals surface area contributed by atoms with Crippen LogP contribution in [0.15, 0.2) is 23.1 Å². The summed E-state index contributed by atoms with van der Waals surface area (Å²) in [5.74, 6) is 0. The predicted octanol–water partition coefficient (Wildman–Crippen LogP) is 2.04. The lowest BCUT2D eigenvalue weighted by Gasteiger charge is -2.16. The summed E-state index contributed by atoms with van der Waals surface area (Å²) in [6, 6.07) is 2.96. The van der Waals surface area contributed by atoms with Crippen molar-refractivity contribution in [1.29, 1.82) is 0 Å². The SMILES string of the molecule is CCCCC(CN)NS(=O)(=O)c1ccc(Cl)c([N+](=O)[O-])c1. The summed E-state index contributed by atoms with van der Waals surface area (Å²) in [5, 5.41) is 10.7. The second-order valence-corrected chi connectivity index (χ2v) is 6.69. The van der Waals surface area contributed by atoms with Gasteiger partial charge in [0.15, 0.2) is 0 Å². The minimum absolute atomic E-state index is 0.111. The number of nitrogens with one attached hydrogen (secondary N) is 1. The molecule has 0 saturated heterocycles. The zero-order chi connectivity index (χ0) is 16.0. The number of sulfonamides is 1. The van der Waals surface area contributed by atoms with E-state index in [4.69, 9.17) is 17.3 Å². The average molecular weight is 336 g/mol. The van der Waals surface area contributed by atoms with Crippen LogP contribution in [0.3, 0.4) is 0 Å². The fraction of sp³-hybridized carbons (Fsp3) is 0.500. The Kier molecular flexibility index (Phi) is 6.53. The van der Waals surface area contributed by atoms with Crippen LogP contribution in [0.25, 0.3) is 0 Å². The lowest BCUT2D eigenvalue weighted by Crippen LogP contribution is -2.40. The lowest BCUT2D eigenvalue weighted by molar-refractivity contribution is -0.384. The first-order chi connectivity index (χ1) is 9.81. The molecule has 0 saturated carbocycles. The van der Waals surface area contributed by atoms with E-state index in [0.717, 1.165) is 18.9 Å². The van der Waals surface area contributed by atoms with E-state index < -0.39 is 26.7 Å². The van der Waals surface area contributed by atoms with Gasteiger partial charge >= 0.3 is 0 Å². The van der Waals surface area contributed by atoms with Gasteiger partial charge in [0.25, 0.3) is 5.69 Å². The van der Waals surface area contributed by atoms with E-state index >= 15 is 0 Å². The van der Waals surface area contributed by atoms with Crippen molar-refractivity contribution in [2.75, 3.05) is 6.54 Å². The number of hydrogen-bond acceptors (Lipinski definition) is 5. The Morgan fingerprint density at radius 1 is 1.48 bits per heavy atom. The van der Waals surface area contributed by atoms with Crippen LogP contribution in [0, 0.1) is 10.1 Å². The molecule has 21 heavy (non-hydrogen) atoms. The van der Waals surface area contributed by atoms with Gasteiger partial charge in [-0.05, 0) is 18.6 Å². The first kappa shape index (κ1) is 17.8. The van der Waals surface area contributed by atoms with Crippen LogP contribution >= 0.6 is 11.6 Å². The van der Waals surface area contributed by atoms with Crippen molar-refractivity contribution in [3.05, 3.63) is 33.3 Å². The van der Waals surface area contributed by atoms with E-state index in [0.29, 0.717) is 6.42 Å². The maximum Gasteiger partial charge on any atom is 0.289 e. The first-order valence-electron chi connectivity index (χ1n) is 6.48. The summed E-state index contributed by atoms with van der Waals surface area (Å²) >= 11 is 5.67. The van der Waals surface area contributed by atoms with Gasteiger partial charge in [-0.1, -0.05) is 31.4 Å². The zero-order valence-corrected chi connectivity index (χ0v) is 13.2. The fourth-order valence-electron chi connectivity index (χ4n) is 1.76. The van der Waals surface area contributed by atoms with Crippen molar-refractivity contribution in [2.45, 2.75) is 37.1 Å². The maximum absolute atomic E-state index is 12.2.